The normalized spacial score (nSPS) is 18.2. The molecule has 1 fully saturated rings. The summed E-state index contributed by atoms with van der Waals surface area (Å²) in [4.78, 5) is 4.28. The molecular weight excluding hydrogens is 252 g/mol. The molecule has 1 aromatic rings. The highest BCUT2D eigenvalue weighted by Gasteiger charge is 2.28. The maximum atomic E-state index is 10.5. The van der Waals surface area contributed by atoms with E-state index in [-0.39, 0.29) is 6.10 Å². The van der Waals surface area contributed by atoms with Gasteiger partial charge in [0.1, 0.15) is 0 Å². The average molecular weight is 278 g/mol. The lowest BCUT2D eigenvalue weighted by molar-refractivity contribution is 0.00460. The van der Waals surface area contributed by atoms with E-state index < -0.39 is 5.60 Å². The molecule has 0 spiro atoms. The summed E-state index contributed by atoms with van der Waals surface area (Å²) in [6, 6.07) is 3.93. The molecule has 2 N–H and O–H groups in total. The second-order valence-corrected chi connectivity index (χ2v) is 6.02. The van der Waals surface area contributed by atoms with Gasteiger partial charge in [0.15, 0.2) is 0 Å². The van der Waals surface area contributed by atoms with E-state index in [1.807, 2.05) is 26.0 Å². The number of hydrogen-bond acceptors (Lipinski definition) is 4. The van der Waals surface area contributed by atoms with Gasteiger partial charge in [-0.1, -0.05) is 25.3 Å². The van der Waals surface area contributed by atoms with Gasteiger partial charge in [0, 0.05) is 24.8 Å². The van der Waals surface area contributed by atoms with Crippen LogP contribution in [-0.2, 0) is 6.54 Å². The maximum Gasteiger partial charge on any atom is 0.218 e. The Morgan fingerprint density at radius 3 is 2.80 bits per heavy atom. The lowest BCUT2D eigenvalue weighted by Crippen LogP contribution is -2.41. The molecule has 1 aliphatic rings. The Balaban J connectivity index is 1.87. The third kappa shape index (κ3) is 4.46. The molecule has 0 aliphatic heterocycles. The van der Waals surface area contributed by atoms with Crippen molar-refractivity contribution < 1.29 is 9.84 Å². The molecule has 112 valence electrons. The molecule has 0 amide bonds. The molecule has 0 atom stereocenters. The van der Waals surface area contributed by atoms with Crippen LogP contribution in [0.25, 0.3) is 0 Å². The van der Waals surface area contributed by atoms with Crippen molar-refractivity contribution in [1.29, 1.82) is 0 Å². The highest BCUT2D eigenvalue weighted by molar-refractivity contribution is 5.25. The molecule has 0 aromatic carbocycles. The van der Waals surface area contributed by atoms with Crippen LogP contribution >= 0.6 is 0 Å². The van der Waals surface area contributed by atoms with Gasteiger partial charge in [-0.2, -0.15) is 0 Å². The molecule has 2 rings (SSSR count). The van der Waals surface area contributed by atoms with E-state index in [0.717, 1.165) is 31.2 Å². The van der Waals surface area contributed by atoms with E-state index >= 15 is 0 Å². The minimum absolute atomic E-state index is 0.117. The van der Waals surface area contributed by atoms with Crippen LogP contribution in [0.5, 0.6) is 5.88 Å². The second-order valence-electron chi connectivity index (χ2n) is 6.02. The van der Waals surface area contributed by atoms with Crippen LogP contribution in [-0.4, -0.2) is 28.3 Å². The van der Waals surface area contributed by atoms with Gasteiger partial charge in [-0.05, 0) is 32.8 Å². The van der Waals surface area contributed by atoms with Gasteiger partial charge in [0.05, 0.1) is 11.7 Å². The fraction of sp³-hybridized carbons (Fsp3) is 0.688. The summed E-state index contributed by atoms with van der Waals surface area (Å²) >= 11 is 0. The molecule has 0 bridgehead atoms. The van der Waals surface area contributed by atoms with Crippen molar-refractivity contribution in [3.05, 3.63) is 23.9 Å². The number of aliphatic hydroxyl groups is 1. The molecular formula is C16H26N2O2. The van der Waals surface area contributed by atoms with Gasteiger partial charge in [0.25, 0.3) is 0 Å². The Labute approximate surface area is 121 Å². The zero-order chi connectivity index (χ0) is 14.4. The summed E-state index contributed by atoms with van der Waals surface area (Å²) < 4.78 is 5.70. The molecule has 20 heavy (non-hydrogen) atoms. The Morgan fingerprint density at radius 1 is 1.35 bits per heavy atom. The first kappa shape index (κ1) is 15.3. The highest BCUT2D eigenvalue weighted by Crippen LogP contribution is 2.27. The topological polar surface area (TPSA) is 54.4 Å². The number of ether oxygens (including phenoxy) is 1. The standard InChI is InChI=1S/C16H26N2O2/c1-13(2)20-15-14(7-6-10-18-15)11-17-12-16(19)8-4-3-5-9-16/h6-7,10,13,17,19H,3-5,8-9,11-12H2,1-2H3. The Bertz CT molecular complexity index is 415. The Morgan fingerprint density at radius 2 is 2.10 bits per heavy atom. The van der Waals surface area contributed by atoms with E-state index in [0.29, 0.717) is 19.0 Å². The second kappa shape index (κ2) is 7.04. The van der Waals surface area contributed by atoms with Gasteiger partial charge in [0.2, 0.25) is 5.88 Å². The van der Waals surface area contributed by atoms with Crippen molar-refractivity contribution >= 4 is 0 Å². The molecule has 0 saturated heterocycles. The third-order valence-electron chi connectivity index (χ3n) is 3.75. The lowest BCUT2D eigenvalue weighted by atomic mass is 9.85. The summed E-state index contributed by atoms with van der Waals surface area (Å²) in [5.41, 5.74) is 0.514. The molecule has 0 radical (unpaired) electrons. The smallest absolute Gasteiger partial charge is 0.218 e. The largest absolute Gasteiger partial charge is 0.475 e. The minimum Gasteiger partial charge on any atom is -0.475 e. The van der Waals surface area contributed by atoms with Crippen molar-refractivity contribution in [2.75, 3.05) is 6.54 Å². The van der Waals surface area contributed by atoms with E-state index in [4.69, 9.17) is 4.74 Å². The number of aromatic nitrogens is 1. The van der Waals surface area contributed by atoms with Crippen LogP contribution < -0.4 is 10.1 Å². The number of rotatable bonds is 6. The lowest BCUT2D eigenvalue weighted by Gasteiger charge is -2.32. The molecule has 4 nitrogen and oxygen atoms in total. The van der Waals surface area contributed by atoms with Crippen LogP contribution in [0, 0.1) is 0 Å². The van der Waals surface area contributed by atoms with Crippen molar-refractivity contribution in [3.8, 4) is 5.88 Å². The number of nitrogens with zero attached hydrogens (tertiary/aromatic N) is 1. The molecule has 1 heterocycles. The summed E-state index contributed by atoms with van der Waals surface area (Å²) in [6.45, 7) is 5.31. The van der Waals surface area contributed by atoms with E-state index in [2.05, 4.69) is 10.3 Å². The SMILES string of the molecule is CC(C)Oc1ncccc1CNCC1(O)CCCCC1. The predicted molar refractivity (Wildman–Crippen MR) is 79.7 cm³/mol. The summed E-state index contributed by atoms with van der Waals surface area (Å²) in [6.07, 6.45) is 7.18. The van der Waals surface area contributed by atoms with E-state index in [9.17, 15) is 5.11 Å². The summed E-state index contributed by atoms with van der Waals surface area (Å²) in [5, 5.41) is 13.8. The van der Waals surface area contributed by atoms with Crippen LogP contribution in [0.1, 0.15) is 51.5 Å². The molecule has 1 aliphatic carbocycles. The average Bonchev–Trinajstić information content (AvgIpc) is 2.41. The summed E-state index contributed by atoms with van der Waals surface area (Å²) in [5.74, 6) is 0.686. The third-order valence-corrected chi connectivity index (χ3v) is 3.75. The van der Waals surface area contributed by atoms with Crippen LogP contribution in [0.15, 0.2) is 18.3 Å². The quantitative estimate of drug-likeness (QED) is 0.840. The van der Waals surface area contributed by atoms with Crippen LogP contribution in [0.3, 0.4) is 0 Å². The Kier molecular flexibility index (Phi) is 5.38. The Hall–Kier alpha value is -1.13. The van der Waals surface area contributed by atoms with Gasteiger partial charge in [-0.25, -0.2) is 4.98 Å². The van der Waals surface area contributed by atoms with Crippen molar-refractivity contribution in [1.82, 2.24) is 10.3 Å². The van der Waals surface area contributed by atoms with Gasteiger partial charge in [-0.15, -0.1) is 0 Å². The fourth-order valence-electron chi connectivity index (χ4n) is 2.70. The van der Waals surface area contributed by atoms with Gasteiger partial charge >= 0.3 is 0 Å². The van der Waals surface area contributed by atoms with E-state index in [1.54, 1.807) is 6.20 Å². The number of hydrogen-bond donors (Lipinski definition) is 2. The molecule has 4 heteroatoms. The monoisotopic (exact) mass is 278 g/mol. The van der Waals surface area contributed by atoms with Gasteiger partial charge in [-0.3, -0.25) is 0 Å². The number of nitrogens with one attached hydrogen (secondary N) is 1. The van der Waals surface area contributed by atoms with Gasteiger partial charge < -0.3 is 15.2 Å². The first-order valence-corrected chi connectivity index (χ1v) is 7.63. The predicted octanol–water partition coefficient (Wildman–Crippen LogP) is 2.65. The zero-order valence-electron chi connectivity index (χ0n) is 12.6. The van der Waals surface area contributed by atoms with Crippen molar-refractivity contribution in [3.63, 3.8) is 0 Å². The minimum atomic E-state index is -0.528. The highest BCUT2D eigenvalue weighted by atomic mass is 16.5. The summed E-state index contributed by atoms with van der Waals surface area (Å²) in [7, 11) is 0. The first-order valence-electron chi connectivity index (χ1n) is 7.63. The number of pyridine rings is 1. The van der Waals surface area contributed by atoms with Crippen molar-refractivity contribution in [2.45, 2.75) is 64.2 Å². The first-order chi connectivity index (χ1) is 9.59. The molecule has 0 unspecified atom stereocenters. The maximum absolute atomic E-state index is 10.5. The molecule has 1 saturated carbocycles. The fourth-order valence-corrected chi connectivity index (χ4v) is 2.70. The van der Waals surface area contributed by atoms with E-state index in [1.165, 1.54) is 6.42 Å². The van der Waals surface area contributed by atoms with Crippen molar-refractivity contribution in [2.24, 2.45) is 0 Å². The zero-order valence-corrected chi connectivity index (χ0v) is 12.6. The van der Waals surface area contributed by atoms with Crippen LogP contribution in [0.4, 0.5) is 0 Å². The molecule has 1 aromatic heterocycles. The van der Waals surface area contributed by atoms with Crippen LogP contribution in [0.2, 0.25) is 0 Å².